The van der Waals surface area contributed by atoms with Gasteiger partial charge >= 0.3 is 5.97 Å². The molecule has 1 fully saturated rings. The molecule has 0 spiro atoms. The van der Waals surface area contributed by atoms with E-state index in [1.807, 2.05) is 6.92 Å². The number of hydrogen-bond acceptors (Lipinski definition) is 4. The van der Waals surface area contributed by atoms with E-state index in [2.05, 4.69) is 5.32 Å². The summed E-state index contributed by atoms with van der Waals surface area (Å²) in [6, 6.07) is 4.58. The van der Waals surface area contributed by atoms with Crippen molar-refractivity contribution in [3.8, 4) is 0 Å². The van der Waals surface area contributed by atoms with Gasteiger partial charge in [-0.05, 0) is 18.6 Å². The number of ether oxygens (including phenoxy) is 1. The number of piperazine rings is 1. The number of nitrogens with one attached hydrogen (secondary N) is 1. The van der Waals surface area contributed by atoms with Gasteiger partial charge < -0.3 is 15.0 Å². The van der Waals surface area contributed by atoms with Crippen molar-refractivity contribution >= 4 is 17.8 Å². The number of nitrogens with zero attached hydrogens (tertiary/aromatic N) is 1. The molecule has 1 N–H and O–H groups in total. The van der Waals surface area contributed by atoms with Gasteiger partial charge in [-0.25, -0.2) is 4.39 Å². The van der Waals surface area contributed by atoms with Gasteiger partial charge in [0, 0.05) is 13.1 Å². The molecule has 1 aliphatic rings. The largest absolute Gasteiger partial charge is 0.466 e. The van der Waals surface area contributed by atoms with Crippen molar-refractivity contribution in [3.63, 3.8) is 0 Å². The molecule has 2 amide bonds. The topological polar surface area (TPSA) is 75.7 Å². The van der Waals surface area contributed by atoms with Crippen LogP contribution >= 0.6 is 0 Å². The minimum absolute atomic E-state index is 0.117. The number of amides is 2. The zero-order valence-electron chi connectivity index (χ0n) is 12.9. The molecule has 1 unspecified atom stereocenters. The summed E-state index contributed by atoms with van der Waals surface area (Å²) in [6.07, 6.45) is 0.423. The highest BCUT2D eigenvalue weighted by Crippen LogP contribution is 2.16. The Kier molecular flexibility index (Phi) is 5.67. The van der Waals surface area contributed by atoms with Crippen LogP contribution in [0.15, 0.2) is 24.3 Å². The maximum Gasteiger partial charge on any atom is 0.308 e. The zero-order chi connectivity index (χ0) is 16.8. The van der Waals surface area contributed by atoms with Gasteiger partial charge in [0.2, 0.25) is 5.91 Å². The smallest absolute Gasteiger partial charge is 0.308 e. The maximum atomic E-state index is 13.8. The van der Waals surface area contributed by atoms with Crippen molar-refractivity contribution in [2.24, 2.45) is 0 Å². The average Bonchev–Trinajstić information content (AvgIpc) is 2.54. The Labute approximate surface area is 133 Å². The van der Waals surface area contributed by atoms with Gasteiger partial charge in [0.15, 0.2) is 0 Å². The Morgan fingerprint density at radius 3 is 2.83 bits per heavy atom. The maximum absolute atomic E-state index is 13.8. The van der Waals surface area contributed by atoms with Crippen molar-refractivity contribution in [1.29, 1.82) is 0 Å². The van der Waals surface area contributed by atoms with Gasteiger partial charge in [-0.2, -0.15) is 0 Å². The molecular formula is C16H19FN2O4. The first-order chi connectivity index (χ1) is 11.0. The first-order valence-electron chi connectivity index (χ1n) is 7.53. The molecule has 0 aromatic heterocycles. The number of halogens is 1. The van der Waals surface area contributed by atoms with E-state index in [0.717, 1.165) is 0 Å². The highest BCUT2D eigenvalue weighted by atomic mass is 19.1. The number of carbonyl (C=O) groups excluding carboxylic acids is 3. The summed E-state index contributed by atoms with van der Waals surface area (Å²) < 4.78 is 18.8. The van der Waals surface area contributed by atoms with Crippen LogP contribution in [0, 0.1) is 5.82 Å². The fourth-order valence-electron chi connectivity index (χ4n) is 2.38. The number of esters is 1. The summed E-state index contributed by atoms with van der Waals surface area (Å²) in [5.74, 6) is -2.25. The van der Waals surface area contributed by atoms with Crippen LogP contribution in [0.1, 0.15) is 30.1 Å². The van der Waals surface area contributed by atoms with Gasteiger partial charge in [0.1, 0.15) is 11.9 Å². The van der Waals surface area contributed by atoms with E-state index in [9.17, 15) is 18.8 Å². The minimum atomic E-state index is -0.986. The summed E-state index contributed by atoms with van der Waals surface area (Å²) in [6.45, 7) is 2.59. The monoisotopic (exact) mass is 322 g/mol. The molecule has 124 valence electrons. The van der Waals surface area contributed by atoms with Crippen molar-refractivity contribution in [2.45, 2.75) is 25.8 Å². The Bertz CT molecular complexity index is 605. The average molecular weight is 322 g/mol. The zero-order valence-corrected chi connectivity index (χ0v) is 12.9. The third-order valence-electron chi connectivity index (χ3n) is 3.52. The first kappa shape index (κ1) is 16.9. The van der Waals surface area contributed by atoms with Crippen LogP contribution < -0.4 is 5.32 Å². The van der Waals surface area contributed by atoms with Crippen molar-refractivity contribution in [1.82, 2.24) is 10.2 Å². The highest BCUT2D eigenvalue weighted by Gasteiger charge is 2.36. The fraction of sp³-hybridized carbons (Fsp3) is 0.438. The standard InChI is InChI=1S/C16H19FN2O4/c1-2-9-23-14(20)10-13-15(21)18-7-8-19(13)16(22)11-5-3-4-6-12(11)17/h3-6,13H,2,7-10H2,1H3,(H,18,21). The van der Waals surface area contributed by atoms with Gasteiger partial charge in [0.05, 0.1) is 18.6 Å². The number of hydrogen-bond donors (Lipinski definition) is 1. The van der Waals surface area contributed by atoms with Gasteiger partial charge in [-0.15, -0.1) is 0 Å². The molecule has 0 bridgehead atoms. The molecule has 0 radical (unpaired) electrons. The summed E-state index contributed by atoms with van der Waals surface area (Å²) in [7, 11) is 0. The second-order valence-electron chi connectivity index (χ2n) is 5.21. The summed E-state index contributed by atoms with van der Waals surface area (Å²) >= 11 is 0. The van der Waals surface area contributed by atoms with Gasteiger partial charge in [0.25, 0.3) is 5.91 Å². The van der Waals surface area contributed by atoms with E-state index in [1.165, 1.54) is 23.1 Å². The molecule has 0 saturated carbocycles. The lowest BCUT2D eigenvalue weighted by atomic mass is 10.1. The molecule has 1 saturated heterocycles. The van der Waals surface area contributed by atoms with Crippen LogP contribution in [0.4, 0.5) is 4.39 Å². The SMILES string of the molecule is CCCOC(=O)CC1C(=O)NCCN1C(=O)c1ccccc1F. The fourth-order valence-corrected chi connectivity index (χ4v) is 2.38. The van der Waals surface area contributed by atoms with E-state index < -0.39 is 29.6 Å². The van der Waals surface area contributed by atoms with Crippen molar-refractivity contribution in [3.05, 3.63) is 35.6 Å². The first-order valence-corrected chi connectivity index (χ1v) is 7.53. The summed E-state index contributed by atoms with van der Waals surface area (Å²) in [4.78, 5) is 37.6. The number of carbonyl (C=O) groups is 3. The van der Waals surface area contributed by atoms with E-state index in [4.69, 9.17) is 4.74 Å². The lowest BCUT2D eigenvalue weighted by Crippen LogP contribution is -2.58. The molecule has 6 nitrogen and oxygen atoms in total. The van der Waals surface area contributed by atoms with Gasteiger partial charge in [-0.1, -0.05) is 19.1 Å². The predicted octanol–water partition coefficient (Wildman–Crippen LogP) is 1.11. The normalized spacial score (nSPS) is 17.6. The van der Waals surface area contributed by atoms with Crippen LogP contribution in [0.5, 0.6) is 0 Å². The Morgan fingerprint density at radius 2 is 2.13 bits per heavy atom. The van der Waals surface area contributed by atoms with E-state index in [1.54, 1.807) is 6.07 Å². The lowest BCUT2D eigenvalue weighted by molar-refractivity contribution is -0.147. The molecule has 7 heteroatoms. The molecule has 23 heavy (non-hydrogen) atoms. The number of benzene rings is 1. The molecule has 0 aliphatic carbocycles. The molecule has 1 aliphatic heterocycles. The van der Waals surface area contributed by atoms with Crippen LogP contribution in [-0.2, 0) is 14.3 Å². The molecule has 2 rings (SSSR count). The van der Waals surface area contributed by atoms with Gasteiger partial charge in [-0.3, -0.25) is 14.4 Å². The molecule has 1 heterocycles. The summed E-state index contributed by atoms with van der Waals surface area (Å²) in [5.41, 5.74) is -0.117. The third kappa shape index (κ3) is 4.06. The lowest BCUT2D eigenvalue weighted by Gasteiger charge is -2.34. The van der Waals surface area contributed by atoms with Crippen LogP contribution in [0.3, 0.4) is 0 Å². The van der Waals surface area contributed by atoms with E-state index in [0.29, 0.717) is 6.42 Å². The second-order valence-corrected chi connectivity index (χ2v) is 5.21. The van der Waals surface area contributed by atoms with Crippen molar-refractivity contribution in [2.75, 3.05) is 19.7 Å². The Morgan fingerprint density at radius 1 is 1.39 bits per heavy atom. The Balaban J connectivity index is 2.17. The quantitative estimate of drug-likeness (QED) is 0.824. The van der Waals surface area contributed by atoms with Crippen molar-refractivity contribution < 1.29 is 23.5 Å². The second kappa shape index (κ2) is 7.71. The summed E-state index contributed by atoms with van der Waals surface area (Å²) in [5, 5.41) is 2.61. The highest BCUT2D eigenvalue weighted by molar-refractivity contribution is 5.99. The molecule has 1 aromatic rings. The van der Waals surface area contributed by atoms with Crippen LogP contribution in [-0.4, -0.2) is 48.4 Å². The minimum Gasteiger partial charge on any atom is -0.466 e. The molecular weight excluding hydrogens is 303 g/mol. The van der Waals surface area contributed by atoms with Crippen LogP contribution in [0.2, 0.25) is 0 Å². The van der Waals surface area contributed by atoms with E-state index >= 15 is 0 Å². The molecule has 1 aromatic carbocycles. The third-order valence-corrected chi connectivity index (χ3v) is 3.52. The molecule has 1 atom stereocenters. The Hall–Kier alpha value is -2.44. The van der Waals surface area contributed by atoms with Crippen LogP contribution in [0.25, 0.3) is 0 Å². The predicted molar refractivity (Wildman–Crippen MR) is 80.1 cm³/mol. The van der Waals surface area contributed by atoms with E-state index in [-0.39, 0.29) is 31.7 Å². The number of rotatable bonds is 5.